The summed E-state index contributed by atoms with van der Waals surface area (Å²) >= 11 is 1.29. The van der Waals surface area contributed by atoms with E-state index < -0.39 is 5.69 Å². The molecule has 0 aliphatic rings. The van der Waals surface area contributed by atoms with E-state index in [9.17, 15) is 9.59 Å². The minimum absolute atomic E-state index is 0.109. The molecule has 0 aliphatic carbocycles. The van der Waals surface area contributed by atoms with Crippen molar-refractivity contribution in [1.82, 2.24) is 9.97 Å². The number of aryl methyl sites for hydroxylation is 3. The molecule has 2 aromatic rings. The molecule has 0 spiro atoms. The molecule has 1 aromatic carbocycles. The van der Waals surface area contributed by atoms with E-state index in [0.717, 1.165) is 22.4 Å². The Balaban J connectivity index is 1.99. The summed E-state index contributed by atoms with van der Waals surface area (Å²) < 4.78 is 0. The van der Waals surface area contributed by atoms with Crippen molar-refractivity contribution < 1.29 is 4.79 Å². The average Bonchev–Trinajstić information content (AvgIpc) is 2.38. The maximum atomic E-state index is 12.0. The van der Waals surface area contributed by atoms with Crippen LogP contribution < -0.4 is 11.0 Å². The van der Waals surface area contributed by atoms with Crippen LogP contribution in [0.5, 0.6) is 0 Å². The van der Waals surface area contributed by atoms with Gasteiger partial charge in [-0.25, -0.2) is 9.78 Å². The average molecular weight is 303 g/mol. The van der Waals surface area contributed by atoms with E-state index in [1.165, 1.54) is 18.0 Å². The summed E-state index contributed by atoms with van der Waals surface area (Å²) in [5, 5.41) is 3.53. The number of anilines is 1. The van der Waals surface area contributed by atoms with Crippen LogP contribution in [0, 0.1) is 20.8 Å². The van der Waals surface area contributed by atoms with Crippen LogP contribution in [-0.4, -0.2) is 21.6 Å². The van der Waals surface area contributed by atoms with Crippen LogP contribution in [-0.2, 0) is 4.79 Å². The van der Waals surface area contributed by atoms with Crippen molar-refractivity contribution in [2.24, 2.45) is 0 Å². The molecule has 2 N–H and O–H groups in total. The summed E-state index contributed by atoms with van der Waals surface area (Å²) in [4.78, 5) is 29.4. The lowest BCUT2D eigenvalue weighted by molar-refractivity contribution is -0.113. The second-order valence-electron chi connectivity index (χ2n) is 4.91. The van der Waals surface area contributed by atoms with Gasteiger partial charge >= 0.3 is 5.69 Å². The van der Waals surface area contributed by atoms with E-state index in [1.54, 1.807) is 0 Å². The molecule has 0 fully saturated rings. The summed E-state index contributed by atoms with van der Waals surface area (Å²) in [6.45, 7) is 5.82. The minimum atomic E-state index is -0.405. The number of aromatic nitrogens is 2. The molecular weight excluding hydrogens is 286 g/mol. The number of hydrogen-bond acceptors (Lipinski definition) is 4. The number of carbonyl (C=O) groups is 1. The number of nitrogens with one attached hydrogen (secondary N) is 2. The molecule has 2 rings (SSSR count). The van der Waals surface area contributed by atoms with E-state index in [2.05, 4.69) is 21.4 Å². The van der Waals surface area contributed by atoms with Crippen LogP contribution in [0.4, 0.5) is 5.69 Å². The van der Waals surface area contributed by atoms with Crippen molar-refractivity contribution in [1.29, 1.82) is 0 Å². The molecule has 0 saturated carbocycles. The van der Waals surface area contributed by atoms with Gasteiger partial charge in [-0.2, -0.15) is 0 Å². The normalized spacial score (nSPS) is 10.4. The van der Waals surface area contributed by atoms with Crippen molar-refractivity contribution in [3.8, 4) is 0 Å². The van der Waals surface area contributed by atoms with Crippen molar-refractivity contribution in [2.75, 3.05) is 11.1 Å². The highest BCUT2D eigenvalue weighted by Crippen LogP contribution is 2.18. The third-order valence-electron chi connectivity index (χ3n) is 2.81. The fourth-order valence-electron chi connectivity index (χ4n) is 1.97. The highest BCUT2D eigenvalue weighted by atomic mass is 32.2. The van der Waals surface area contributed by atoms with E-state index >= 15 is 0 Å². The zero-order valence-electron chi connectivity index (χ0n) is 12.2. The Kier molecular flexibility index (Phi) is 4.80. The molecule has 0 radical (unpaired) electrons. The summed E-state index contributed by atoms with van der Waals surface area (Å²) in [5.74, 6) is 0.121. The van der Waals surface area contributed by atoms with Gasteiger partial charge in [-0.05, 0) is 49.6 Å². The SMILES string of the molecule is Cc1cc(C)cc(NC(=O)CSc2[nH]c(=O)ncc2C)c1. The zero-order chi connectivity index (χ0) is 15.4. The quantitative estimate of drug-likeness (QED) is 0.672. The maximum Gasteiger partial charge on any atom is 0.345 e. The first-order chi connectivity index (χ1) is 9.94. The molecule has 1 aromatic heterocycles. The molecule has 5 nitrogen and oxygen atoms in total. The Labute approximate surface area is 127 Å². The summed E-state index contributed by atoms with van der Waals surface area (Å²) in [6.07, 6.45) is 1.50. The van der Waals surface area contributed by atoms with E-state index in [0.29, 0.717) is 5.03 Å². The van der Waals surface area contributed by atoms with Gasteiger partial charge in [-0.15, -0.1) is 0 Å². The molecular formula is C15H17N3O2S. The van der Waals surface area contributed by atoms with Gasteiger partial charge in [0.05, 0.1) is 10.8 Å². The molecule has 6 heteroatoms. The Bertz CT molecular complexity index is 705. The summed E-state index contributed by atoms with van der Waals surface area (Å²) in [5.41, 5.74) is 3.44. The number of thioether (sulfide) groups is 1. The monoisotopic (exact) mass is 303 g/mol. The van der Waals surface area contributed by atoms with E-state index in [-0.39, 0.29) is 11.7 Å². The lowest BCUT2D eigenvalue weighted by Gasteiger charge is -2.08. The van der Waals surface area contributed by atoms with Gasteiger partial charge in [0.2, 0.25) is 5.91 Å². The van der Waals surface area contributed by atoms with Crippen LogP contribution in [0.15, 0.2) is 34.2 Å². The fraction of sp³-hybridized carbons (Fsp3) is 0.267. The lowest BCUT2D eigenvalue weighted by atomic mass is 10.1. The van der Waals surface area contributed by atoms with Crippen LogP contribution in [0.3, 0.4) is 0 Å². The third kappa shape index (κ3) is 4.46. The molecule has 0 bridgehead atoms. The summed E-state index contributed by atoms with van der Waals surface area (Å²) in [7, 11) is 0. The number of H-pyrrole nitrogens is 1. The topological polar surface area (TPSA) is 74.8 Å². The molecule has 1 amide bonds. The number of amides is 1. The van der Waals surface area contributed by atoms with Gasteiger partial charge in [0.1, 0.15) is 0 Å². The van der Waals surface area contributed by atoms with E-state index in [1.807, 2.05) is 32.9 Å². The van der Waals surface area contributed by atoms with Gasteiger partial charge in [-0.3, -0.25) is 4.79 Å². The number of benzene rings is 1. The molecule has 0 aliphatic heterocycles. The lowest BCUT2D eigenvalue weighted by Crippen LogP contribution is -2.16. The van der Waals surface area contributed by atoms with Gasteiger partial charge in [0, 0.05) is 11.9 Å². The Morgan fingerprint density at radius 1 is 1.24 bits per heavy atom. The smallest absolute Gasteiger partial charge is 0.325 e. The molecule has 110 valence electrons. The van der Waals surface area contributed by atoms with Crippen LogP contribution >= 0.6 is 11.8 Å². The Morgan fingerprint density at radius 2 is 1.90 bits per heavy atom. The van der Waals surface area contributed by atoms with Crippen LogP contribution in [0.25, 0.3) is 0 Å². The van der Waals surface area contributed by atoms with Crippen molar-refractivity contribution in [2.45, 2.75) is 25.8 Å². The first-order valence-electron chi connectivity index (χ1n) is 6.51. The van der Waals surface area contributed by atoms with Crippen LogP contribution in [0.1, 0.15) is 16.7 Å². The fourth-order valence-corrected chi connectivity index (χ4v) is 2.76. The van der Waals surface area contributed by atoms with Gasteiger partial charge in [0.15, 0.2) is 0 Å². The Hall–Kier alpha value is -2.08. The minimum Gasteiger partial charge on any atom is -0.325 e. The standard InChI is InChI=1S/C15H17N3O2S/c1-9-4-10(2)6-12(5-9)17-13(19)8-21-14-11(3)7-16-15(20)18-14/h4-7H,8H2,1-3H3,(H,17,19)(H,16,18,20). The maximum absolute atomic E-state index is 12.0. The number of hydrogen-bond donors (Lipinski definition) is 2. The second-order valence-corrected chi connectivity index (χ2v) is 5.90. The first-order valence-corrected chi connectivity index (χ1v) is 7.49. The predicted octanol–water partition coefficient (Wildman–Crippen LogP) is 2.43. The first kappa shape index (κ1) is 15.3. The van der Waals surface area contributed by atoms with Crippen LogP contribution in [0.2, 0.25) is 0 Å². The largest absolute Gasteiger partial charge is 0.345 e. The van der Waals surface area contributed by atoms with Crippen molar-refractivity contribution >= 4 is 23.4 Å². The second kappa shape index (κ2) is 6.58. The highest BCUT2D eigenvalue weighted by molar-refractivity contribution is 8.00. The molecule has 1 heterocycles. The van der Waals surface area contributed by atoms with E-state index in [4.69, 9.17) is 0 Å². The molecule has 0 unspecified atom stereocenters. The van der Waals surface area contributed by atoms with Gasteiger partial charge in [-0.1, -0.05) is 17.8 Å². The zero-order valence-corrected chi connectivity index (χ0v) is 13.0. The third-order valence-corrected chi connectivity index (χ3v) is 3.93. The number of carbonyl (C=O) groups excluding carboxylic acids is 1. The van der Waals surface area contributed by atoms with Crippen molar-refractivity contribution in [3.63, 3.8) is 0 Å². The van der Waals surface area contributed by atoms with Gasteiger partial charge in [0.25, 0.3) is 0 Å². The molecule has 0 saturated heterocycles. The summed E-state index contributed by atoms with van der Waals surface area (Å²) in [6, 6.07) is 5.90. The highest BCUT2D eigenvalue weighted by Gasteiger charge is 2.07. The molecule has 0 atom stereocenters. The predicted molar refractivity (Wildman–Crippen MR) is 84.9 cm³/mol. The molecule has 21 heavy (non-hydrogen) atoms. The van der Waals surface area contributed by atoms with Gasteiger partial charge < -0.3 is 10.3 Å². The Morgan fingerprint density at radius 3 is 2.57 bits per heavy atom. The van der Waals surface area contributed by atoms with Crippen molar-refractivity contribution in [3.05, 3.63) is 51.6 Å². The number of nitrogens with zero attached hydrogens (tertiary/aromatic N) is 1. The number of rotatable bonds is 4. The number of aromatic amines is 1.